The van der Waals surface area contributed by atoms with Gasteiger partial charge in [-0.05, 0) is 40.5 Å². The summed E-state index contributed by atoms with van der Waals surface area (Å²) in [5.41, 5.74) is 5.89. The lowest BCUT2D eigenvalue weighted by atomic mass is 10.2. The number of aryl methyl sites for hydroxylation is 1. The van der Waals surface area contributed by atoms with E-state index < -0.39 is 24.4 Å². The molecule has 1 aromatic carbocycles. The van der Waals surface area contributed by atoms with Crippen LogP contribution in [0.15, 0.2) is 22.7 Å². The number of rotatable bonds is 7. The molecule has 8 heteroatoms. The zero-order chi connectivity index (χ0) is 15.8. The Labute approximate surface area is 129 Å². The van der Waals surface area contributed by atoms with Gasteiger partial charge in [-0.25, -0.2) is 4.79 Å². The van der Waals surface area contributed by atoms with Crippen molar-refractivity contribution in [1.82, 2.24) is 5.32 Å². The molecule has 0 aliphatic rings. The van der Waals surface area contributed by atoms with Crippen LogP contribution in [-0.4, -0.2) is 37.5 Å². The Balaban J connectivity index is 2.31. The summed E-state index contributed by atoms with van der Waals surface area (Å²) in [6.45, 7) is 0.798. The van der Waals surface area contributed by atoms with Crippen LogP contribution in [0.4, 0.5) is 0 Å². The van der Waals surface area contributed by atoms with Gasteiger partial charge in [0, 0.05) is 0 Å². The summed E-state index contributed by atoms with van der Waals surface area (Å²) in [7, 11) is 0. The number of hydrogen-bond acceptors (Lipinski definition) is 5. The smallest absolute Gasteiger partial charge is 0.344 e. The minimum Gasteiger partial charge on any atom is -0.481 e. The van der Waals surface area contributed by atoms with Crippen LogP contribution in [-0.2, 0) is 19.1 Å². The highest BCUT2D eigenvalue weighted by Crippen LogP contribution is 2.25. The number of esters is 1. The van der Waals surface area contributed by atoms with Crippen molar-refractivity contribution in [2.75, 3.05) is 19.8 Å². The van der Waals surface area contributed by atoms with Crippen LogP contribution in [0, 0.1) is 6.92 Å². The number of benzene rings is 1. The van der Waals surface area contributed by atoms with E-state index in [2.05, 4.69) is 26.0 Å². The van der Waals surface area contributed by atoms with E-state index in [1.165, 1.54) is 0 Å². The Hall–Kier alpha value is -2.09. The fraction of sp³-hybridized carbons (Fsp3) is 0.308. The van der Waals surface area contributed by atoms with E-state index in [1.54, 1.807) is 6.07 Å². The van der Waals surface area contributed by atoms with E-state index in [0.717, 1.165) is 10.0 Å². The molecule has 0 radical (unpaired) electrons. The second-order valence-electron chi connectivity index (χ2n) is 4.13. The Bertz CT molecular complexity index is 547. The number of carbonyl (C=O) groups is 3. The molecule has 114 valence electrons. The number of nitrogens with one attached hydrogen (secondary N) is 1. The number of amides is 2. The van der Waals surface area contributed by atoms with Crippen LogP contribution in [0.5, 0.6) is 5.75 Å². The molecule has 0 bridgehead atoms. The third kappa shape index (κ3) is 6.75. The standard InChI is InChI=1S/C13H15BrN2O5/c1-8-2-3-10(9(14)4-8)20-7-13(19)21-6-12(18)16-5-11(15)17/h2-4H,5-7H2,1H3,(H2,15,17)(H,16,18). The van der Waals surface area contributed by atoms with Gasteiger partial charge in [-0.3, -0.25) is 9.59 Å². The number of carbonyl (C=O) groups excluding carboxylic acids is 3. The van der Waals surface area contributed by atoms with Gasteiger partial charge in [-0.1, -0.05) is 6.07 Å². The van der Waals surface area contributed by atoms with E-state index >= 15 is 0 Å². The molecule has 0 unspecified atom stereocenters. The first-order valence-corrected chi connectivity index (χ1v) is 6.77. The maximum absolute atomic E-state index is 11.4. The van der Waals surface area contributed by atoms with Crippen molar-refractivity contribution in [2.45, 2.75) is 6.92 Å². The second kappa shape index (κ2) is 8.25. The molecular weight excluding hydrogens is 344 g/mol. The fourth-order valence-corrected chi connectivity index (χ4v) is 1.89. The average Bonchev–Trinajstić information content (AvgIpc) is 2.41. The molecule has 3 N–H and O–H groups in total. The Morgan fingerprint density at radius 3 is 2.62 bits per heavy atom. The normalized spacial score (nSPS) is 9.81. The molecule has 1 rings (SSSR count). The number of hydrogen-bond donors (Lipinski definition) is 2. The predicted molar refractivity (Wildman–Crippen MR) is 77.5 cm³/mol. The molecule has 0 aliphatic carbocycles. The van der Waals surface area contributed by atoms with E-state index in [9.17, 15) is 14.4 Å². The highest BCUT2D eigenvalue weighted by Gasteiger charge is 2.10. The van der Waals surface area contributed by atoms with Gasteiger partial charge in [-0.15, -0.1) is 0 Å². The lowest BCUT2D eigenvalue weighted by molar-refractivity contribution is -0.150. The fourth-order valence-electron chi connectivity index (χ4n) is 1.28. The summed E-state index contributed by atoms with van der Waals surface area (Å²) >= 11 is 3.31. The van der Waals surface area contributed by atoms with E-state index in [1.807, 2.05) is 19.1 Å². The minimum atomic E-state index is -0.697. The van der Waals surface area contributed by atoms with Gasteiger partial charge < -0.3 is 20.5 Å². The van der Waals surface area contributed by atoms with Crippen LogP contribution in [0.2, 0.25) is 0 Å². The quantitative estimate of drug-likeness (QED) is 0.680. The van der Waals surface area contributed by atoms with Crippen LogP contribution < -0.4 is 15.8 Å². The molecule has 0 atom stereocenters. The maximum atomic E-state index is 11.4. The van der Waals surface area contributed by atoms with Crippen molar-refractivity contribution < 1.29 is 23.9 Å². The molecule has 0 heterocycles. The van der Waals surface area contributed by atoms with Gasteiger partial charge in [0.2, 0.25) is 5.91 Å². The summed E-state index contributed by atoms with van der Waals surface area (Å²) < 4.78 is 10.7. The highest BCUT2D eigenvalue weighted by molar-refractivity contribution is 9.10. The molecule has 0 saturated carbocycles. The first-order valence-electron chi connectivity index (χ1n) is 5.98. The number of nitrogens with two attached hydrogens (primary N) is 1. The SMILES string of the molecule is Cc1ccc(OCC(=O)OCC(=O)NCC(N)=O)c(Br)c1. The number of halogens is 1. The topological polar surface area (TPSA) is 108 Å². The van der Waals surface area contributed by atoms with Gasteiger partial charge in [-0.2, -0.15) is 0 Å². The maximum Gasteiger partial charge on any atom is 0.344 e. The molecule has 0 aliphatic heterocycles. The Morgan fingerprint density at radius 1 is 1.29 bits per heavy atom. The lowest BCUT2D eigenvalue weighted by Gasteiger charge is -2.09. The van der Waals surface area contributed by atoms with Gasteiger partial charge in [0.15, 0.2) is 13.2 Å². The third-order valence-electron chi connectivity index (χ3n) is 2.26. The van der Waals surface area contributed by atoms with Crippen molar-refractivity contribution >= 4 is 33.7 Å². The zero-order valence-electron chi connectivity index (χ0n) is 11.3. The molecule has 0 spiro atoms. The number of primary amides is 1. The van der Waals surface area contributed by atoms with E-state index in [-0.39, 0.29) is 13.2 Å². The molecule has 2 amide bonds. The number of ether oxygens (including phenoxy) is 2. The van der Waals surface area contributed by atoms with Crippen molar-refractivity contribution in [3.8, 4) is 5.75 Å². The van der Waals surface area contributed by atoms with Gasteiger partial charge in [0.25, 0.3) is 5.91 Å². The first kappa shape index (κ1) is 17.0. The summed E-state index contributed by atoms with van der Waals surface area (Å²) in [6, 6.07) is 5.40. The first-order chi connectivity index (χ1) is 9.88. The zero-order valence-corrected chi connectivity index (χ0v) is 12.9. The summed E-state index contributed by atoms with van der Waals surface area (Å²) in [6.07, 6.45) is 0. The summed E-state index contributed by atoms with van der Waals surface area (Å²) in [5, 5.41) is 2.19. The second-order valence-corrected chi connectivity index (χ2v) is 4.98. The Morgan fingerprint density at radius 2 is 2.00 bits per heavy atom. The monoisotopic (exact) mass is 358 g/mol. The van der Waals surface area contributed by atoms with Gasteiger partial charge in [0.05, 0.1) is 11.0 Å². The summed E-state index contributed by atoms with van der Waals surface area (Å²) in [4.78, 5) is 33.0. The molecule has 0 saturated heterocycles. The summed E-state index contributed by atoms with van der Waals surface area (Å²) in [5.74, 6) is -1.49. The molecule has 21 heavy (non-hydrogen) atoms. The minimum absolute atomic E-state index is 0.302. The molecule has 0 fully saturated rings. The van der Waals surface area contributed by atoms with Crippen LogP contribution in [0.1, 0.15) is 5.56 Å². The van der Waals surface area contributed by atoms with Crippen LogP contribution in [0.3, 0.4) is 0 Å². The molecular formula is C13H15BrN2O5. The molecule has 7 nitrogen and oxygen atoms in total. The highest BCUT2D eigenvalue weighted by atomic mass is 79.9. The predicted octanol–water partition coefficient (Wildman–Crippen LogP) is 0.281. The van der Waals surface area contributed by atoms with Crippen LogP contribution >= 0.6 is 15.9 Å². The largest absolute Gasteiger partial charge is 0.481 e. The third-order valence-corrected chi connectivity index (χ3v) is 2.88. The van der Waals surface area contributed by atoms with Crippen molar-refractivity contribution in [1.29, 1.82) is 0 Å². The Kier molecular flexibility index (Phi) is 6.67. The van der Waals surface area contributed by atoms with Crippen molar-refractivity contribution in [3.63, 3.8) is 0 Å². The lowest BCUT2D eigenvalue weighted by Crippen LogP contribution is -2.36. The van der Waals surface area contributed by atoms with Crippen molar-refractivity contribution in [3.05, 3.63) is 28.2 Å². The van der Waals surface area contributed by atoms with E-state index in [4.69, 9.17) is 10.5 Å². The van der Waals surface area contributed by atoms with Gasteiger partial charge >= 0.3 is 5.97 Å². The molecule has 1 aromatic rings. The van der Waals surface area contributed by atoms with E-state index in [0.29, 0.717) is 5.75 Å². The van der Waals surface area contributed by atoms with Crippen LogP contribution in [0.25, 0.3) is 0 Å². The molecule has 0 aromatic heterocycles. The van der Waals surface area contributed by atoms with Gasteiger partial charge in [0.1, 0.15) is 5.75 Å². The van der Waals surface area contributed by atoms with Crippen molar-refractivity contribution in [2.24, 2.45) is 5.73 Å². The average molecular weight is 359 g/mol.